The standard InChI is InChI=1S/C13H11ClF2N2O/c1-17-12-6-5-8(14)10(18-12)7-19-11-4-2-3-9(15)13(11)16/h2-6H,7H2,1H3,(H,17,18). The quantitative estimate of drug-likeness (QED) is 0.931. The molecule has 0 atom stereocenters. The average Bonchev–Trinajstić information content (AvgIpc) is 2.42. The Morgan fingerprint density at radius 2 is 2.05 bits per heavy atom. The molecule has 0 bridgehead atoms. The lowest BCUT2D eigenvalue weighted by atomic mass is 10.3. The van der Waals surface area contributed by atoms with Crippen molar-refractivity contribution in [3.8, 4) is 5.75 Å². The monoisotopic (exact) mass is 284 g/mol. The van der Waals surface area contributed by atoms with Crippen molar-refractivity contribution in [1.29, 1.82) is 0 Å². The van der Waals surface area contributed by atoms with Crippen LogP contribution in [0.15, 0.2) is 30.3 Å². The van der Waals surface area contributed by atoms with E-state index in [9.17, 15) is 8.78 Å². The highest BCUT2D eigenvalue weighted by molar-refractivity contribution is 6.31. The molecule has 0 saturated carbocycles. The number of nitrogens with one attached hydrogen (secondary N) is 1. The zero-order chi connectivity index (χ0) is 13.8. The number of halogens is 3. The van der Waals surface area contributed by atoms with Gasteiger partial charge in [0.2, 0.25) is 5.82 Å². The lowest BCUT2D eigenvalue weighted by Crippen LogP contribution is -2.03. The highest BCUT2D eigenvalue weighted by atomic mass is 35.5. The Hall–Kier alpha value is -1.88. The summed E-state index contributed by atoms with van der Waals surface area (Å²) in [6.45, 7) is -0.0469. The number of pyridine rings is 1. The van der Waals surface area contributed by atoms with Gasteiger partial charge >= 0.3 is 0 Å². The Balaban J connectivity index is 2.16. The van der Waals surface area contributed by atoms with Crippen molar-refractivity contribution in [2.75, 3.05) is 12.4 Å². The molecule has 0 aliphatic carbocycles. The SMILES string of the molecule is CNc1ccc(Cl)c(COc2cccc(F)c2F)n1. The van der Waals surface area contributed by atoms with E-state index in [1.165, 1.54) is 12.1 Å². The second-order valence-electron chi connectivity index (χ2n) is 3.72. The molecule has 19 heavy (non-hydrogen) atoms. The van der Waals surface area contributed by atoms with Crippen molar-refractivity contribution >= 4 is 17.4 Å². The number of rotatable bonds is 4. The summed E-state index contributed by atoms with van der Waals surface area (Å²) in [5, 5.41) is 3.25. The van der Waals surface area contributed by atoms with E-state index in [0.717, 1.165) is 6.07 Å². The number of hydrogen-bond donors (Lipinski definition) is 1. The minimum atomic E-state index is -1.02. The first-order valence-corrected chi connectivity index (χ1v) is 5.89. The molecule has 6 heteroatoms. The molecule has 2 rings (SSSR count). The molecule has 1 N–H and O–H groups in total. The van der Waals surface area contributed by atoms with E-state index < -0.39 is 11.6 Å². The Kier molecular flexibility index (Phi) is 4.16. The molecule has 0 saturated heterocycles. The van der Waals surface area contributed by atoms with Crippen molar-refractivity contribution < 1.29 is 13.5 Å². The lowest BCUT2D eigenvalue weighted by Gasteiger charge is -2.09. The van der Waals surface area contributed by atoms with Gasteiger partial charge in [0.05, 0.1) is 10.7 Å². The van der Waals surface area contributed by atoms with Gasteiger partial charge in [0, 0.05) is 7.05 Å². The molecule has 1 heterocycles. The van der Waals surface area contributed by atoms with Gasteiger partial charge < -0.3 is 10.1 Å². The zero-order valence-corrected chi connectivity index (χ0v) is 10.8. The molecule has 0 aliphatic rings. The third-order valence-electron chi connectivity index (χ3n) is 2.46. The number of anilines is 1. The summed E-state index contributed by atoms with van der Waals surface area (Å²) in [5.41, 5.74) is 0.442. The maximum Gasteiger partial charge on any atom is 0.200 e. The second kappa shape index (κ2) is 5.84. The van der Waals surface area contributed by atoms with Gasteiger partial charge in [0.1, 0.15) is 12.4 Å². The number of benzene rings is 1. The van der Waals surface area contributed by atoms with Gasteiger partial charge in [0.25, 0.3) is 0 Å². The van der Waals surface area contributed by atoms with Crippen LogP contribution in [0.25, 0.3) is 0 Å². The topological polar surface area (TPSA) is 34.1 Å². The largest absolute Gasteiger partial charge is 0.484 e. The molecule has 100 valence electrons. The van der Waals surface area contributed by atoms with Gasteiger partial charge in [-0.3, -0.25) is 0 Å². The Labute approximate surface area is 114 Å². The van der Waals surface area contributed by atoms with Gasteiger partial charge in [-0.15, -0.1) is 0 Å². The molecular formula is C13H11ClF2N2O. The highest BCUT2D eigenvalue weighted by Crippen LogP contribution is 2.22. The van der Waals surface area contributed by atoms with E-state index in [1.54, 1.807) is 19.2 Å². The molecule has 2 aromatic rings. The second-order valence-corrected chi connectivity index (χ2v) is 4.12. The number of ether oxygens (including phenoxy) is 1. The molecule has 0 amide bonds. The van der Waals surface area contributed by atoms with Gasteiger partial charge in [-0.25, -0.2) is 9.37 Å². The van der Waals surface area contributed by atoms with Crippen LogP contribution in [0.4, 0.5) is 14.6 Å². The van der Waals surface area contributed by atoms with Gasteiger partial charge in [-0.05, 0) is 24.3 Å². The normalized spacial score (nSPS) is 10.3. The first-order valence-electron chi connectivity index (χ1n) is 5.52. The minimum Gasteiger partial charge on any atom is -0.484 e. The Morgan fingerprint density at radius 3 is 2.79 bits per heavy atom. The maximum atomic E-state index is 13.4. The first kappa shape index (κ1) is 13.5. The highest BCUT2D eigenvalue weighted by Gasteiger charge is 2.10. The molecule has 0 spiro atoms. The van der Waals surface area contributed by atoms with Crippen LogP contribution in [0.5, 0.6) is 5.75 Å². The van der Waals surface area contributed by atoms with E-state index in [-0.39, 0.29) is 12.4 Å². The van der Waals surface area contributed by atoms with Crippen LogP contribution in [0.3, 0.4) is 0 Å². The van der Waals surface area contributed by atoms with Crippen molar-refractivity contribution in [3.63, 3.8) is 0 Å². The molecule has 3 nitrogen and oxygen atoms in total. The lowest BCUT2D eigenvalue weighted by molar-refractivity contribution is 0.281. The third-order valence-corrected chi connectivity index (χ3v) is 2.80. The van der Waals surface area contributed by atoms with Gasteiger partial charge in [0.15, 0.2) is 11.6 Å². The number of hydrogen-bond acceptors (Lipinski definition) is 3. The van der Waals surface area contributed by atoms with Crippen molar-refractivity contribution in [2.45, 2.75) is 6.61 Å². The van der Waals surface area contributed by atoms with Crippen molar-refractivity contribution in [1.82, 2.24) is 4.98 Å². The van der Waals surface area contributed by atoms with E-state index >= 15 is 0 Å². The molecule has 0 unspecified atom stereocenters. The number of aromatic nitrogens is 1. The molecule has 0 aliphatic heterocycles. The van der Waals surface area contributed by atoms with Crippen LogP contribution >= 0.6 is 11.6 Å². The molecule has 0 radical (unpaired) electrons. The van der Waals surface area contributed by atoms with Crippen LogP contribution in [0.2, 0.25) is 5.02 Å². The van der Waals surface area contributed by atoms with E-state index in [0.29, 0.717) is 16.5 Å². The van der Waals surface area contributed by atoms with Crippen LogP contribution in [0, 0.1) is 11.6 Å². The van der Waals surface area contributed by atoms with E-state index in [4.69, 9.17) is 16.3 Å². The summed E-state index contributed by atoms with van der Waals surface area (Å²) in [5.74, 6) is -1.54. The third kappa shape index (κ3) is 3.12. The molecule has 1 aromatic heterocycles. The molecule has 1 aromatic carbocycles. The summed E-state index contributed by atoms with van der Waals surface area (Å²) < 4.78 is 31.6. The van der Waals surface area contributed by atoms with E-state index in [1.807, 2.05) is 0 Å². The van der Waals surface area contributed by atoms with Gasteiger partial charge in [-0.1, -0.05) is 17.7 Å². The van der Waals surface area contributed by atoms with E-state index in [2.05, 4.69) is 10.3 Å². The van der Waals surface area contributed by atoms with Crippen molar-refractivity contribution in [3.05, 3.63) is 52.7 Å². The summed E-state index contributed by atoms with van der Waals surface area (Å²) in [7, 11) is 1.72. The fourth-order valence-corrected chi connectivity index (χ4v) is 1.63. The summed E-state index contributed by atoms with van der Waals surface area (Å²) in [6, 6.07) is 7.09. The smallest absolute Gasteiger partial charge is 0.200 e. The first-order chi connectivity index (χ1) is 9.11. The Bertz CT molecular complexity index is 593. The summed E-state index contributed by atoms with van der Waals surface area (Å²) in [6.07, 6.45) is 0. The summed E-state index contributed by atoms with van der Waals surface area (Å²) >= 11 is 5.95. The Morgan fingerprint density at radius 1 is 1.26 bits per heavy atom. The zero-order valence-electron chi connectivity index (χ0n) is 10.1. The van der Waals surface area contributed by atoms with Crippen molar-refractivity contribution in [2.24, 2.45) is 0 Å². The van der Waals surface area contributed by atoms with Crippen LogP contribution in [-0.4, -0.2) is 12.0 Å². The average molecular weight is 285 g/mol. The predicted octanol–water partition coefficient (Wildman–Crippen LogP) is 3.63. The van der Waals surface area contributed by atoms with Crippen LogP contribution in [0.1, 0.15) is 5.69 Å². The fourth-order valence-electron chi connectivity index (χ4n) is 1.47. The maximum absolute atomic E-state index is 13.4. The van der Waals surface area contributed by atoms with Crippen LogP contribution < -0.4 is 10.1 Å². The predicted molar refractivity (Wildman–Crippen MR) is 69.5 cm³/mol. The summed E-state index contributed by atoms with van der Waals surface area (Å²) in [4.78, 5) is 4.17. The van der Waals surface area contributed by atoms with Gasteiger partial charge in [-0.2, -0.15) is 4.39 Å². The fraction of sp³-hybridized carbons (Fsp3) is 0.154. The number of nitrogens with zero attached hydrogens (tertiary/aromatic N) is 1. The minimum absolute atomic E-state index is 0.0469. The molecular weight excluding hydrogens is 274 g/mol. The molecule has 0 fully saturated rings. The van der Waals surface area contributed by atoms with Crippen LogP contribution in [-0.2, 0) is 6.61 Å².